The average Bonchev–Trinajstić information content (AvgIpc) is 3.17. The number of nitrogens with zero attached hydrogens (tertiary/aromatic N) is 2. The number of alkyl carbamates (subject to hydrolysis) is 1. The lowest BCUT2D eigenvalue weighted by Gasteiger charge is -2.40. The molecule has 1 saturated carbocycles. The third kappa shape index (κ3) is 7.34. The van der Waals surface area contributed by atoms with Crippen LogP contribution in [0.25, 0.3) is 0 Å². The summed E-state index contributed by atoms with van der Waals surface area (Å²) in [7, 11) is 0. The minimum atomic E-state index is -0.630. The van der Waals surface area contributed by atoms with Crippen LogP contribution >= 0.6 is 0 Å². The average molecular weight is 555 g/mol. The lowest BCUT2D eigenvalue weighted by Crippen LogP contribution is -2.52. The first-order valence-electron chi connectivity index (χ1n) is 14.7. The predicted octanol–water partition coefficient (Wildman–Crippen LogP) is 4.92. The highest BCUT2D eigenvalue weighted by Gasteiger charge is 2.41. The quantitative estimate of drug-likeness (QED) is 0.464. The van der Waals surface area contributed by atoms with Gasteiger partial charge < -0.3 is 19.9 Å². The van der Waals surface area contributed by atoms with Crippen molar-refractivity contribution >= 4 is 29.5 Å². The van der Waals surface area contributed by atoms with E-state index in [0.29, 0.717) is 18.5 Å². The summed E-state index contributed by atoms with van der Waals surface area (Å²) in [6, 6.07) is 5.61. The Balaban J connectivity index is 1.52. The number of nitrogens with one attached hydrogen (secondary N) is 2. The van der Waals surface area contributed by atoms with Crippen molar-refractivity contribution in [3.63, 3.8) is 0 Å². The highest BCUT2D eigenvalue weighted by atomic mass is 16.6. The molecular weight excluding hydrogens is 508 g/mol. The smallest absolute Gasteiger partial charge is 0.407 e. The Hall–Kier alpha value is -3.10. The van der Waals surface area contributed by atoms with Crippen LogP contribution in [0.2, 0.25) is 0 Å². The van der Waals surface area contributed by atoms with E-state index in [0.717, 1.165) is 56.3 Å². The number of hydrogen-bond donors (Lipinski definition) is 2. The van der Waals surface area contributed by atoms with Gasteiger partial charge in [0.25, 0.3) is 5.91 Å². The van der Waals surface area contributed by atoms with E-state index in [9.17, 15) is 19.2 Å². The molecule has 2 N–H and O–H groups in total. The Kier molecular flexibility index (Phi) is 8.80. The maximum atomic E-state index is 13.5. The van der Waals surface area contributed by atoms with Crippen molar-refractivity contribution in [1.82, 2.24) is 15.5 Å². The number of anilines is 1. The second-order valence-corrected chi connectivity index (χ2v) is 13.7. The van der Waals surface area contributed by atoms with Crippen molar-refractivity contribution in [2.45, 2.75) is 123 Å². The molecule has 0 aromatic heterocycles. The van der Waals surface area contributed by atoms with Crippen LogP contribution in [0.4, 0.5) is 10.5 Å². The molecule has 9 heteroatoms. The maximum absolute atomic E-state index is 13.5. The summed E-state index contributed by atoms with van der Waals surface area (Å²) in [6.45, 7) is 13.6. The number of carbonyl (C=O) groups excluding carboxylic acids is 4. The molecule has 3 aliphatic rings. The van der Waals surface area contributed by atoms with E-state index in [1.807, 2.05) is 32.9 Å². The van der Waals surface area contributed by atoms with Crippen molar-refractivity contribution in [2.75, 3.05) is 11.4 Å². The number of rotatable bonds is 7. The molecule has 1 atom stereocenters. The molecule has 9 nitrogen and oxygen atoms in total. The number of ether oxygens (including phenoxy) is 1. The second kappa shape index (κ2) is 11.8. The molecule has 0 bridgehead atoms. The zero-order valence-corrected chi connectivity index (χ0v) is 25.0. The molecule has 0 spiro atoms. The van der Waals surface area contributed by atoms with Crippen LogP contribution in [0.5, 0.6) is 0 Å². The molecule has 4 amide bonds. The minimum Gasteiger partial charge on any atom is -0.444 e. The van der Waals surface area contributed by atoms with Crippen LogP contribution in [0, 0.1) is 5.41 Å². The largest absolute Gasteiger partial charge is 0.444 e. The topological polar surface area (TPSA) is 108 Å². The van der Waals surface area contributed by atoms with Crippen LogP contribution in [-0.2, 0) is 20.9 Å². The van der Waals surface area contributed by atoms with Gasteiger partial charge in [-0.15, -0.1) is 0 Å². The fourth-order valence-electron chi connectivity index (χ4n) is 6.12. The van der Waals surface area contributed by atoms with Crippen molar-refractivity contribution in [1.29, 1.82) is 0 Å². The van der Waals surface area contributed by atoms with Gasteiger partial charge in [0.15, 0.2) is 0 Å². The first-order chi connectivity index (χ1) is 18.7. The van der Waals surface area contributed by atoms with Crippen LogP contribution in [0.1, 0.15) is 109 Å². The predicted molar refractivity (Wildman–Crippen MR) is 154 cm³/mol. The van der Waals surface area contributed by atoms with E-state index in [2.05, 4.69) is 42.4 Å². The van der Waals surface area contributed by atoms with E-state index in [-0.39, 0.29) is 41.8 Å². The summed E-state index contributed by atoms with van der Waals surface area (Å²) in [5, 5.41) is 5.44. The van der Waals surface area contributed by atoms with Gasteiger partial charge in [0, 0.05) is 48.4 Å². The number of amides is 4. The van der Waals surface area contributed by atoms with Crippen LogP contribution in [0.15, 0.2) is 18.2 Å². The Morgan fingerprint density at radius 1 is 1.05 bits per heavy atom. The Labute approximate surface area is 238 Å². The molecule has 1 aliphatic carbocycles. The van der Waals surface area contributed by atoms with Gasteiger partial charge in [-0.2, -0.15) is 0 Å². The highest BCUT2D eigenvalue weighted by Crippen LogP contribution is 2.37. The third-order valence-corrected chi connectivity index (χ3v) is 8.05. The maximum Gasteiger partial charge on any atom is 0.407 e. The SMILES string of the molecule is CC(C)(C)CCCN(c1cccc2c1CN(C1CCC(=O)NC1=O)C2=O)C1CCC(NC(=O)OC(C)(C)C)CC1. The van der Waals surface area contributed by atoms with Gasteiger partial charge in [-0.25, -0.2) is 4.79 Å². The van der Waals surface area contributed by atoms with E-state index in [1.165, 1.54) is 0 Å². The molecule has 2 heterocycles. The van der Waals surface area contributed by atoms with E-state index in [1.54, 1.807) is 4.90 Å². The summed E-state index contributed by atoms with van der Waals surface area (Å²) >= 11 is 0. The fraction of sp³-hybridized carbons (Fsp3) is 0.677. The lowest BCUT2D eigenvalue weighted by molar-refractivity contribution is -0.136. The Morgan fingerprint density at radius 2 is 1.75 bits per heavy atom. The Morgan fingerprint density at radius 3 is 2.38 bits per heavy atom. The number of benzene rings is 1. The van der Waals surface area contributed by atoms with Gasteiger partial charge >= 0.3 is 6.09 Å². The number of hydrogen-bond acceptors (Lipinski definition) is 6. The van der Waals surface area contributed by atoms with E-state index < -0.39 is 17.6 Å². The monoisotopic (exact) mass is 554 g/mol. The van der Waals surface area contributed by atoms with Gasteiger partial charge in [-0.05, 0) is 83.3 Å². The first kappa shape index (κ1) is 29.9. The summed E-state index contributed by atoms with van der Waals surface area (Å²) in [6.07, 6.45) is 5.88. The first-order valence-corrected chi connectivity index (χ1v) is 14.7. The lowest BCUT2D eigenvalue weighted by atomic mass is 9.88. The molecule has 0 radical (unpaired) electrons. The molecule has 40 heavy (non-hydrogen) atoms. The van der Waals surface area contributed by atoms with E-state index >= 15 is 0 Å². The molecule has 1 unspecified atom stereocenters. The standard InChI is InChI=1S/C31H46N4O5/c1-30(2,3)17-8-18-34(21-13-11-20(12-14-21)32-29(39)40-31(4,5)6)24-10-7-9-22-23(24)19-35(28(22)38)25-15-16-26(36)33-27(25)37/h7,9-10,20-21,25H,8,11-19H2,1-6H3,(H,32,39)(H,33,36,37). The summed E-state index contributed by atoms with van der Waals surface area (Å²) in [5.74, 6) is -0.823. The van der Waals surface area contributed by atoms with E-state index in [4.69, 9.17) is 4.74 Å². The van der Waals surface area contributed by atoms with Gasteiger partial charge in [-0.1, -0.05) is 26.8 Å². The molecule has 220 valence electrons. The minimum absolute atomic E-state index is 0.0774. The van der Waals surface area contributed by atoms with Crippen molar-refractivity contribution in [3.05, 3.63) is 29.3 Å². The summed E-state index contributed by atoms with van der Waals surface area (Å²) < 4.78 is 5.46. The van der Waals surface area contributed by atoms with Crippen LogP contribution < -0.4 is 15.5 Å². The normalized spacial score (nSPS) is 23.5. The molecule has 2 aliphatic heterocycles. The van der Waals surface area contributed by atoms with Gasteiger partial charge in [0.1, 0.15) is 11.6 Å². The number of carbonyl (C=O) groups is 4. The van der Waals surface area contributed by atoms with Gasteiger partial charge in [-0.3, -0.25) is 19.7 Å². The molecular formula is C31H46N4O5. The number of fused-ring (bicyclic) bond motifs is 1. The summed E-state index contributed by atoms with van der Waals surface area (Å²) in [5.41, 5.74) is 2.35. The molecule has 1 aromatic rings. The number of piperidine rings is 1. The zero-order chi connectivity index (χ0) is 29.2. The highest BCUT2D eigenvalue weighted by molar-refractivity contribution is 6.06. The number of imide groups is 1. The van der Waals surface area contributed by atoms with Gasteiger partial charge in [0.05, 0.1) is 0 Å². The van der Waals surface area contributed by atoms with Crippen LogP contribution in [-0.4, -0.2) is 59.0 Å². The molecule has 2 fully saturated rings. The summed E-state index contributed by atoms with van der Waals surface area (Å²) in [4.78, 5) is 54.2. The van der Waals surface area contributed by atoms with Crippen molar-refractivity contribution in [2.24, 2.45) is 5.41 Å². The molecule has 1 saturated heterocycles. The third-order valence-electron chi connectivity index (χ3n) is 8.05. The zero-order valence-electron chi connectivity index (χ0n) is 25.0. The van der Waals surface area contributed by atoms with Gasteiger partial charge in [0.2, 0.25) is 11.8 Å². The fourth-order valence-corrected chi connectivity index (χ4v) is 6.12. The van der Waals surface area contributed by atoms with Crippen LogP contribution in [0.3, 0.4) is 0 Å². The molecule has 4 rings (SSSR count). The molecule has 1 aromatic carbocycles. The second-order valence-electron chi connectivity index (χ2n) is 13.7. The van der Waals surface area contributed by atoms with Crippen molar-refractivity contribution < 1.29 is 23.9 Å². The van der Waals surface area contributed by atoms with Crippen molar-refractivity contribution in [3.8, 4) is 0 Å². The Bertz CT molecular complexity index is 1130.